The molecule has 102 valence electrons. The summed E-state index contributed by atoms with van der Waals surface area (Å²) in [5.41, 5.74) is 0. The number of piperidine rings is 1. The molecule has 1 fully saturated rings. The van der Waals surface area contributed by atoms with Crippen LogP contribution in [0.15, 0.2) is 0 Å². The van der Waals surface area contributed by atoms with Crippen molar-refractivity contribution in [3.05, 3.63) is 0 Å². The Hall–Kier alpha value is -1.12. The summed E-state index contributed by atoms with van der Waals surface area (Å²) in [5, 5.41) is 14.4. The zero-order valence-corrected chi connectivity index (χ0v) is 11.2. The number of nitriles is 1. The summed E-state index contributed by atoms with van der Waals surface area (Å²) in [6.45, 7) is 6.78. The molecule has 1 rings (SSSR count). The van der Waals surface area contributed by atoms with Crippen LogP contribution in [0, 0.1) is 17.2 Å². The van der Waals surface area contributed by atoms with Crippen molar-refractivity contribution >= 4 is 5.91 Å². The summed E-state index contributed by atoms with van der Waals surface area (Å²) in [5.74, 6) is 0.604. The van der Waals surface area contributed by atoms with Crippen molar-refractivity contribution in [1.29, 1.82) is 5.26 Å². The van der Waals surface area contributed by atoms with Crippen LogP contribution in [0.3, 0.4) is 0 Å². The molecule has 1 saturated heterocycles. The van der Waals surface area contributed by atoms with Gasteiger partial charge in [0.2, 0.25) is 5.91 Å². The lowest BCUT2D eigenvalue weighted by Crippen LogP contribution is -2.44. The number of nitrogens with zero attached hydrogens (tertiary/aromatic N) is 2. The fourth-order valence-electron chi connectivity index (χ4n) is 2.34. The maximum atomic E-state index is 11.5. The Morgan fingerprint density at radius 3 is 3.11 bits per heavy atom. The quantitative estimate of drug-likeness (QED) is 0.506. The van der Waals surface area contributed by atoms with Gasteiger partial charge in [0.1, 0.15) is 6.54 Å². The van der Waals surface area contributed by atoms with Gasteiger partial charge in [-0.15, -0.1) is 0 Å². The number of nitrogens with one attached hydrogen (secondary N) is 2. The molecule has 5 heteroatoms. The van der Waals surface area contributed by atoms with Crippen molar-refractivity contribution in [3.63, 3.8) is 0 Å². The van der Waals surface area contributed by atoms with E-state index in [4.69, 9.17) is 5.26 Å². The molecule has 0 aromatic rings. The van der Waals surface area contributed by atoms with E-state index in [-0.39, 0.29) is 12.5 Å². The molecule has 1 aliphatic rings. The average Bonchev–Trinajstić information content (AvgIpc) is 2.37. The van der Waals surface area contributed by atoms with Crippen LogP contribution >= 0.6 is 0 Å². The first-order valence-corrected chi connectivity index (χ1v) is 6.83. The first-order chi connectivity index (χ1) is 8.76. The Bertz CT molecular complexity index is 287. The number of likely N-dealkylation sites (tertiary alicyclic amines) is 1. The SMILES string of the molecule is CCCNCC1CCCN(CC(=O)NCC#N)C1. The summed E-state index contributed by atoms with van der Waals surface area (Å²) < 4.78 is 0. The lowest BCUT2D eigenvalue weighted by molar-refractivity contribution is -0.122. The van der Waals surface area contributed by atoms with Gasteiger partial charge in [0.15, 0.2) is 0 Å². The van der Waals surface area contributed by atoms with E-state index in [0.717, 1.165) is 39.0 Å². The van der Waals surface area contributed by atoms with E-state index in [9.17, 15) is 4.79 Å². The van der Waals surface area contributed by atoms with Gasteiger partial charge in [0, 0.05) is 6.54 Å². The summed E-state index contributed by atoms with van der Waals surface area (Å²) in [7, 11) is 0. The third-order valence-corrected chi connectivity index (χ3v) is 3.19. The Morgan fingerprint density at radius 2 is 2.39 bits per heavy atom. The van der Waals surface area contributed by atoms with Gasteiger partial charge in [-0.05, 0) is 44.8 Å². The molecule has 1 heterocycles. The first kappa shape index (κ1) is 14.9. The van der Waals surface area contributed by atoms with E-state index in [2.05, 4.69) is 22.5 Å². The number of hydrogen-bond donors (Lipinski definition) is 2. The minimum Gasteiger partial charge on any atom is -0.342 e. The van der Waals surface area contributed by atoms with Crippen LogP contribution in [0.2, 0.25) is 0 Å². The normalized spacial score (nSPS) is 20.3. The van der Waals surface area contributed by atoms with Crippen molar-refractivity contribution in [2.45, 2.75) is 26.2 Å². The maximum Gasteiger partial charge on any atom is 0.235 e. The Balaban J connectivity index is 2.21. The highest BCUT2D eigenvalue weighted by Crippen LogP contribution is 2.15. The van der Waals surface area contributed by atoms with Crippen molar-refractivity contribution in [2.75, 3.05) is 39.3 Å². The number of carbonyl (C=O) groups excluding carboxylic acids is 1. The number of hydrogen-bond acceptors (Lipinski definition) is 4. The number of carbonyl (C=O) groups is 1. The van der Waals surface area contributed by atoms with Crippen LogP contribution in [0.4, 0.5) is 0 Å². The van der Waals surface area contributed by atoms with Gasteiger partial charge < -0.3 is 10.6 Å². The van der Waals surface area contributed by atoms with Gasteiger partial charge >= 0.3 is 0 Å². The molecule has 0 saturated carbocycles. The van der Waals surface area contributed by atoms with Crippen LogP contribution < -0.4 is 10.6 Å². The van der Waals surface area contributed by atoms with Crippen molar-refractivity contribution < 1.29 is 4.79 Å². The van der Waals surface area contributed by atoms with Gasteiger partial charge in [-0.25, -0.2) is 0 Å². The molecule has 0 spiro atoms. The van der Waals surface area contributed by atoms with E-state index >= 15 is 0 Å². The Labute approximate surface area is 110 Å². The van der Waals surface area contributed by atoms with Crippen LogP contribution in [0.5, 0.6) is 0 Å². The molecule has 0 bridgehead atoms. The van der Waals surface area contributed by atoms with Crippen LogP contribution in [-0.4, -0.2) is 50.1 Å². The molecule has 18 heavy (non-hydrogen) atoms. The van der Waals surface area contributed by atoms with Crippen molar-refractivity contribution in [2.24, 2.45) is 5.92 Å². The molecule has 0 aromatic carbocycles. The minimum atomic E-state index is -0.0429. The van der Waals surface area contributed by atoms with Gasteiger partial charge in [0.05, 0.1) is 12.6 Å². The predicted molar refractivity (Wildman–Crippen MR) is 70.9 cm³/mol. The monoisotopic (exact) mass is 252 g/mol. The molecule has 0 radical (unpaired) electrons. The average molecular weight is 252 g/mol. The highest BCUT2D eigenvalue weighted by Gasteiger charge is 2.20. The van der Waals surface area contributed by atoms with E-state index in [1.165, 1.54) is 6.42 Å². The summed E-state index contributed by atoms with van der Waals surface area (Å²) in [4.78, 5) is 13.7. The van der Waals surface area contributed by atoms with Gasteiger partial charge in [-0.2, -0.15) is 5.26 Å². The van der Waals surface area contributed by atoms with E-state index in [1.807, 2.05) is 6.07 Å². The zero-order valence-electron chi connectivity index (χ0n) is 11.2. The predicted octanol–water partition coefficient (Wildman–Crippen LogP) is 0.338. The van der Waals surface area contributed by atoms with Gasteiger partial charge in [0.25, 0.3) is 0 Å². The topological polar surface area (TPSA) is 68.2 Å². The third-order valence-electron chi connectivity index (χ3n) is 3.19. The van der Waals surface area contributed by atoms with E-state index < -0.39 is 0 Å². The van der Waals surface area contributed by atoms with Crippen LogP contribution in [-0.2, 0) is 4.79 Å². The molecule has 1 atom stereocenters. The highest BCUT2D eigenvalue weighted by atomic mass is 16.2. The molecule has 1 unspecified atom stereocenters. The van der Waals surface area contributed by atoms with Gasteiger partial charge in [-0.3, -0.25) is 9.69 Å². The molecular weight excluding hydrogens is 228 g/mol. The highest BCUT2D eigenvalue weighted by molar-refractivity contribution is 5.78. The second-order valence-corrected chi connectivity index (χ2v) is 4.88. The minimum absolute atomic E-state index is 0.0429. The lowest BCUT2D eigenvalue weighted by Gasteiger charge is -2.32. The second kappa shape index (κ2) is 8.90. The van der Waals surface area contributed by atoms with Crippen molar-refractivity contribution in [1.82, 2.24) is 15.5 Å². The summed E-state index contributed by atoms with van der Waals surface area (Å²) >= 11 is 0. The molecular formula is C13H24N4O. The second-order valence-electron chi connectivity index (χ2n) is 4.88. The van der Waals surface area contributed by atoms with Crippen molar-refractivity contribution in [3.8, 4) is 6.07 Å². The molecule has 1 amide bonds. The van der Waals surface area contributed by atoms with Gasteiger partial charge in [-0.1, -0.05) is 6.92 Å². The van der Waals surface area contributed by atoms with Crippen LogP contribution in [0.1, 0.15) is 26.2 Å². The molecule has 2 N–H and O–H groups in total. The molecule has 0 aliphatic carbocycles. The molecule has 5 nitrogen and oxygen atoms in total. The largest absolute Gasteiger partial charge is 0.342 e. The van der Waals surface area contributed by atoms with E-state index in [1.54, 1.807) is 0 Å². The fraction of sp³-hybridized carbons (Fsp3) is 0.846. The number of rotatable bonds is 7. The summed E-state index contributed by atoms with van der Waals surface area (Å²) in [6.07, 6.45) is 3.56. The zero-order chi connectivity index (χ0) is 13.2. The number of amides is 1. The maximum absolute atomic E-state index is 11.5. The fourth-order valence-corrected chi connectivity index (χ4v) is 2.34. The van der Waals surface area contributed by atoms with Crippen LogP contribution in [0.25, 0.3) is 0 Å². The summed E-state index contributed by atoms with van der Waals surface area (Å²) in [6, 6.07) is 1.92. The third kappa shape index (κ3) is 5.99. The van der Waals surface area contributed by atoms with E-state index in [0.29, 0.717) is 12.5 Å². The smallest absolute Gasteiger partial charge is 0.235 e. The Kier molecular flexibility index (Phi) is 7.38. The lowest BCUT2D eigenvalue weighted by atomic mass is 9.98. The Morgan fingerprint density at radius 1 is 1.56 bits per heavy atom. The molecule has 1 aliphatic heterocycles. The standard InChI is InChI=1S/C13H24N4O/c1-2-6-15-9-12-4-3-8-17(10-12)11-13(18)16-7-5-14/h12,15H,2-4,6-11H2,1H3,(H,16,18). The first-order valence-electron chi connectivity index (χ1n) is 6.83. The molecule has 0 aromatic heterocycles.